The topological polar surface area (TPSA) is 71.8 Å². The standard InChI is InChI=1S/C14H18FN5O/c1-3-10(2)17-7-14(21)19-11-4-5-13(12(15)6-11)20-9-16-8-18-20/h4-6,8-10,17H,3,7H2,1-2H3,(H,19,21). The van der Waals surface area contributed by atoms with Gasteiger partial charge in [-0.15, -0.1) is 0 Å². The fourth-order valence-electron chi connectivity index (χ4n) is 1.72. The highest BCUT2D eigenvalue weighted by molar-refractivity contribution is 5.92. The van der Waals surface area contributed by atoms with Crippen LogP contribution in [-0.4, -0.2) is 33.3 Å². The lowest BCUT2D eigenvalue weighted by Crippen LogP contribution is -2.33. The van der Waals surface area contributed by atoms with Gasteiger partial charge in [0.15, 0.2) is 5.82 Å². The third-order valence-corrected chi connectivity index (χ3v) is 3.12. The lowest BCUT2D eigenvalue weighted by atomic mass is 10.2. The SMILES string of the molecule is CCC(C)NCC(=O)Nc1ccc(-n2cncn2)c(F)c1. The van der Waals surface area contributed by atoms with Gasteiger partial charge in [0.2, 0.25) is 5.91 Å². The van der Waals surface area contributed by atoms with E-state index in [0.717, 1.165) is 6.42 Å². The number of amides is 1. The molecule has 0 spiro atoms. The second kappa shape index (κ2) is 6.94. The summed E-state index contributed by atoms with van der Waals surface area (Å²) < 4.78 is 15.3. The first-order valence-corrected chi connectivity index (χ1v) is 6.78. The van der Waals surface area contributed by atoms with E-state index < -0.39 is 5.82 Å². The van der Waals surface area contributed by atoms with Crippen LogP contribution in [0.2, 0.25) is 0 Å². The fourth-order valence-corrected chi connectivity index (χ4v) is 1.72. The van der Waals surface area contributed by atoms with Gasteiger partial charge in [-0.05, 0) is 31.5 Å². The van der Waals surface area contributed by atoms with E-state index >= 15 is 0 Å². The first-order chi connectivity index (χ1) is 10.1. The number of hydrogen-bond acceptors (Lipinski definition) is 4. The molecule has 0 saturated heterocycles. The van der Waals surface area contributed by atoms with Crippen molar-refractivity contribution < 1.29 is 9.18 Å². The summed E-state index contributed by atoms with van der Waals surface area (Å²) in [6.07, 6.45) is 3.68. The zero-order valence-corrected chi connectivity index (χ0v) is 12.0. The van der Waals surface area contributed by atoms with E-state index in [1.165, 1.54) is 23.4 Å². The normalized spacial score (nSPS) is 12.1. The van der Waals surface area contributed by atoms with E-state index in [4.69, 9.17) is 0 Å². The van der Waals surface area contributed by atoms with Crippen LogP contribution in [0.15, 0.2) is 30.9 Å². The Morgan fingerprint density at radius 3 is 2.90 bits per heavy atom. The van der Waals surface area contributed by atoms with Crippen molar-refractivity contribution in [2.75, 3.05) is 11.9 Å². The van der Waals surface area contributed by atoms with Crippen LogP contribution < -0.4 is 10.6 Å². The van der Waals surface area contributed by atoms with Crippen molar-refractivity contribution in [1.29, 1.82) is 0 Å². The number of carbonyl (C=O) groups is 1. The molecule has 1 aromatic heterocycles. The smallest absolute Gasteiger partial charge is 0.238 e. The van der Waals surface area contributed by atoms with Gasteiger partial charge in [-0.1, -0.05) is 6.92 Å². The van der Waals surface area contributed by atoms with Crippen LogP contribution >= 0.6 is 0 Å². The van der Waals surface area contributed by atoms with Crippen molar-refractivity contribution in [3.63, 3.8) is 0 Å². The molecule has 1 unspecified atom stereocenters. The molecule has 1 atom stereocenters. The molecule has 0 aliphatic rings. The summed E-state index contributed by atoms with van der Waals surface area (Å²) in [6.45, 7) is 4.23. The average molecular weight is 291 g/mol. The van der Waals surface area contributed by atoms with Crippen molar-refractivity contribution in [1.82, 2.24) is 20.1 Å². The molecule has 0 radical (unpaired) electrons. The highest BCUT2D eigenvalue weighted by Crippen LogP contribution is 2.17. The summed E-state index contributed by atoms with van der Waals surface area (Å²) in [4.78, 5) is 15.5. The molecule has 1 amide bonds. The summed E-state index contributed by atoms with van der Waals surface area (Å²) in [5, 5.41) is 9.58. The Kier molecular flexibility index (Phi) is 4.99. The number of rotatable bonds is 6. The van der Waals surface area contributed by atoms with E-state index in [9.17, 15) is 9.18 Å². The Morgan fingerprint density at radius 1 is 1.48 bits per heavy atom. The Bertz CT molecular complexity index is 599. The largest absolute Gasteiger partial charge is 0.325 e. The van der Waals surface area contributed by atoms with Gasteiger partial charge in [-0.3, -0.25) is 4.79 Å². The van der Waals surface area contributed by atoms with Gasteiger partial charge < -0.3 is 10.6 Å². The van der Waals surface area contributed by atoms with Crippen molar-refractivity contribution in [3.8, 4) is 5.69 Å². The summed E-state index contributed by atoms with van der Waals surface area (Å²) >= 11 is 0. The third kappa shape index (κ3) is 4.09. The van der Waals surface area contributed by atoms with Gasteiger partial charge in [0.1, 0.15) is 18.3 Å². The Labute approximate surface area is 122 Å². The maximum Gasteiger partial charge on any atom is 0.238 e. The molecule has 0 aliphatic carbocycles. The average Bonchev–Trinajstić information content (AvgIpc) is 2.98. The number of carbonyl (C=O) groups excluding carboxylic acids is 1. The molecule has 1 heterocycles. The molecule has 2 rings (SSSR count). The quantitative estimate of drug-likeness (QED) is 0.850. The third-order valence-electron chi connectivity index (χ3n) is 3.12. The van der Waals surface area contributed by atoms with Gasteiger partial charge in [0, 0.05) is 11.7 Å². The lowest BCUT2D eigenvalue weighted by Gasteiger charge is -2.12. The number of hydrogen-bond donors (Lipinski definition) is 2. The molecule has 0 fully saturated rings. The molecule has 7 heteroatoms. The van der Waals surface area contributed by atoms with Gasteiger partial charge in [-0.2, -0.15) is 5.10 Å². The van der Waals surface area contributed by atoms with Crippen molar-refractivity contribution in [3.05, 3.63) is 36.7 Å². The summed E-state index contributed by atoms with van der Waals surface area (Å²) in [7, 11) is 0. The predicted molar refractivity (Wildman–Crippen MR) is 77.7 cm³/mol. The zero-order valence-electron chi connectivity index (χ0n) is 12.0. The van der Waals surface area contributed by atoms with E-state index in [0.29, 0.717) is 5.69 Å². The number of halogens is 1. The highest BCUT2D eigenvalue weighted by atomic mass is 19.1. The minimum Gasteiger partial charge on any atom is -0.325 e. The lowest BCUT2D eigenvalue weighted by molar-refractivity contribution is -0.115. The minimum atomic E-state index is -0.479. The van der Waals surface area contributed by atoms with Crippen LogP contribution in [0.5, 0.6) is 0 Å². The molecule has 112 valence electrons. The summed E-state index contributed by atoms with van der Waals surface area (Å²) in [5.41, 5.74) is 0.690. The first kappa shape index (κ1) is 15.1. The van der Waals surface area contributed by atoms with Gasteiger partial charge in [0.25, 0.3) is 0 Å². The maximum absolute atomic E-state index is 14.0. The summed E-state index contributed by atoms with van der Waals surface area (Å²) in [6, 6.07) is 4.70. The van der Waals surface area contributed by atoms with Crippen LogP contribution in [0.1, 0.15) is 20.3 Å². The number of nitrogens with zero attached hydrogens (tertiary/aromatic N) is 3. The van der Waals surface area contributed by atoms with Crippen molar-refractivity contribution in [2.24, 2.45) is 0 Å². The van der Waals surface area contributed by atoms with Crippen molar-refractivity contribution >= 4 is 11.6 Å². The predicted octanol–water partition coefficient (Wildman–Crippen LogP) is 1.73. The van der Waals surface area contributed by atoms with Crippen molar-refractivity contribution in [2.45, 2.75) is 26.3 Å². The molecule has 0 saturated carbocycles. The molecule has 2 aromatic rings. The Balaban J connectivity index is 1.99. The Hall–Kier alpha value is -2.28. The van der Waals surface area contributed by atoms with Gasteiger partial charge >= 0.3 is 0 Å². The molecule has 2 N–H and O–H groups in total. The van der Waals surface area contributed by atoms with E-state index in [1.807, 2.05) is 13.8 Å². The second-order valence-corrected chi connectivity index (χ2v) is 4.74. The van der Waals surface area contributed by atoms with Crippen LogP contribution in [0, 0.1) is 5.82 Å². The Morgan fingerprint density at radius 2 is 2.29 bits per heavy atom. The molecule has 1 aromatic carbocycles. The van der Waals surface area contributed by atoms with E-state index in [-0.39, 0.29) is 24.2 Å². The number of benzene rings is 1. The van der Waals surface area contributed by atoms with E-state index in [2.05, 4.69) is 20.7 Å². The molecule has 6 nitrogen and oxygen atoms in total. The molecule has 0 aliphatic heterocycles. The summed E-state index contributed by atoms with van der Waals surface area (Å²) in [5.74, 6) is -0.684. The molecular formula is C14H18FN5O. The molecule has 0 bridgehead atoms. The van der Waals surface area contributed by atoms with Crippen LogP contribution in [0.3, 0.4) is 0 Å². The second-order valence-electron chi connectivity index (χ2n) is 4.74. The highest BCUT2D eigenvalue weighted by Gasteiger charge is 2.09. The van der Waals surface area contributed by atoms with Gasteiger partial charge in [0.05, 0.1) is 6.54 Å². The number of nitrogens with one attached hydrogen (secondary N) is 2. The monoisotopic (exact) mass is 291 g/mol. The number of anilines is 1. The van der Waals surface area contributed by atoms with Crippen LogP contribution in [0.4, 0.5) is 10.1 Å². The zero-order chi connectivity index (χ0) is 15.2. The van der Waals surface area contributed by atoms with E-state index in [1.54, 1.807) is 12.1 Å². The van der Waals surface area contributed by atoms with Gasteiger partial charge in [-0.25, -0.2) is 14.1 Å². The first-order valence-electron chi connectivity index (χ1n) is 6.78. The van der Waals surface area contributed by atoms with Crippen LogP contribution in [0.25, 0.3) is 5.69 Å². The number of aromatic nitrogens is 3. The van der Waals surface area contributed by atoms with Crippen LogP contribution in [-0.2, 0) is 4.79 Å². The minimum absolute atomic E-state index is 0.196. The fraction of sp³-hybridized carbons (Fsp3) is 0.357. The maximum atomic E-state index is 14.0. The molecular weight excluding hydrogens is 273 g/mol. The molecule has 21 heavy (non-hydrogen) atoms.